The van der Waals surface area contributed by atoms with Crippen LogP contribution in [0.2, 0.25) is 5.02 Å². The molecule has 1 atom stereocenters. The third-order valence-corrected chi connectivity index (χ3v) is 6.65. The van der Waals surface area contributed by atoms with Crippen molar-refractivity contribution >= 4 is 51.4 Å². The summed E-state index contributed by atoms with van der Waals surface area (Å²) in [5.74, 6) is 1.34. The maximum absolute atomic E-state index is 6.69. The highest BCUT2D eigenvalue weighted by atomic mass is 35.5. The number of aryl methyl sites for hydroxylation is 1. The van der Waals surface area contributed by atoms with Gasteiger partial charge in [-0.1, -0.05) is 18.5 Å². The quantitative estimate of drug-likeness (QED) is 0.454. The molecule has 1 saturated heterocycles. The maximum Gasteiger partial charge on any atom is 0.196 e. The summed E-state index contributed by atoms with van der Waals surface area (Å²) in [6.45, 7) is 4.54. The molecule has 1 aliphatic rings. The van der Waals surface area contributed by atoms with Gasteiger partial charge >= 0.3 is 0 Å². The number of aromatic nitrogens is 6. The van der Waals surface area contributed by atoms with E-state index in [2.05, 4.69) is 31.8 Å². The molecule has 5 heterocycles. The number of hydrogen-bond donors (Lipinski definition) is 2. The minimum Gasteiger partial charge on any atom is -0.356 e. The molecular formula is C20H21ClN8S. The van der Waals surface area contributed by atoms with Gasteiger partial charge in [-0.2, -0.15) is 0 Å². The van der Waals surface area contributed by atoms with Gasteiger partial charge in [-0.3, -0.25) is 4.98 Å². The van der Waals surface area contributed by atoms with Gasteiger partial charge in [0.25, 0.3) is 0 Å². The summed E-state index contributed by atoms with van der Waals surface area (Å²) in [6, 6.07) is 1.95. The second kappa shape index (κ2) is 7.98. The standard InChI is InChI=1S/C20H21ClN8S/c1-2-13-16(21)15-18(26-13)27-20(28-19(15)29-6-3-11(8-22)10-29)30-12-7-14-17(25-9-12)24-5-4-23-14/h4-5,7,9,11H,2-3,6,8,10,22H2,1H3,(H,26,27,28). The molecule has 0 saturated carbocycles. The first-order chi connectivity index (χ1) is 14.7. The molecule has 0 aliphatic carbocycles. The van der Waals surface area contributed by atoms with E-state index in [0.717, 1.165) is 58.9 Å². The molecule has 0 aromatic carbocycles. The maximum atomic E-state index is 6.69. The summed E-state index contributed by atoms with van der Waals surface area (Å²) in [5.41, 5.74) is 9.00. The van der Waals surface area contributed by atoms with E-state index in [1.54, 1.807) is 18.6 Å². The zero-order chi connectivity index (χ0) is 20.7. The molecule has 10 heteroatoms. The first-order valence-electron chi connectivity index (χ1n) is 9.94. The lowest BCUT2D eigenvalue weighted by atomic mass is 10.1. The highest BCUT2D eigenvalue weighted by Crippen LogP contribution is 2.38. The summed E-state index contributed by atoms with van der Waals surface area (Å²) >= 11 is 8.15. The van der Waals surface area contributed by atoms with Gasteiger partial charge in [0.05, 0.1) is 10.4 Å². The molecule has 8 nitrogen and oxygen atoms in total. The van der Waals surface area contributed by atoms with E-state index in [4.69, 9.17) is 27.3 Å². The number of halogens is 1. The van der Waals surface area contributed by atoms with Crippen LogP contribution < -0.4 is 10.6 Å². The molecule has 0 radical (unpaired) electrons. The molecule has 1 aliphatic heterocycles. The summed E-state index contributed by atoms with van der Waals surface area (Å²) in [4.78, 5) is 29.1. The van der Waals surface area contributed by atoms with E-state index < -0.39 is 0 Å². The molecule has 4 aromatic rings. The molecule has 0 bridgehead atoms. The third kappa shape index (κ3) is 3.46. The van der Waals surface area contributed by atoms with Crippen LogP contribution in [0.5, 0.6) is 0 Å². The topological polar surface area (TPSA) is 109 Å². The number of aromatic amines is 1. The van der Waals surface area contributed by atoms with Crippen molar-refractivity contribution in [1.29, 1.82) is 0 Å². The van der Waals surface area contributed by atoms with E-state index in [0.29, 0.717) is 28.3 Å². The highest BCUT2D eigenvalue weighted by molar-refractivity contribution is 7.99. The monoisotopic (exact) mass is 440 g/mol. The lowest BCUT2D eigenvalue weighted by Gasteiger charge is -2.19. The summed E-state index contributed by atoms with van der Waals surface area (Å²) in [7, 11) is 0. The number of hydrogen-bond acceptors (Lipinski definition) is 8. The number of pyridine rings is 1. The number of rotatable bonds is 5. The summed E-state index contributed by atoms with van der Waals surface area (Å²) in [6.07, 6.45) is 6.93. The van der Waals surface area contributed by atoms with E-state index >= 15 is 0 Å². The van der Waals surface area contributed by atoms with Crippen LogP contribution >= 0.6 is 23.4 Å². The average Bonchev–Trinajstić information content (AvgIpc) is 3.38. The fourth-order valence-corrected chi connectivity index (χ4v) is 4.92. The van der Waals surface area contributed by atoms with Crippen LogP contribution in [0.1, 0.15) is 19.0 Å². The van der Waals surface area contributed by atoms with Gasteiger partial charge < -0.3 is 15.6 Å². The SMILES string of the molecule is CCc1[nH]c2nc(Sc3cnc4nccnc4c3)nc(N3CCC(CN)C3)c2c1Cl. The number of fused-ring (bicyclic) bond motifs is 2. The van der Waals surface area contributed by atoms with Gasteiger partial charge in [0, 0.05) is 42.3 Å². The first-order valence-corrected chi connectivity index (χ1v) is 11.1. The van der Waals surface area contributed by atoms with Gasteiger partial charge in [0.1, 0.15) is 17.0 Å². The van der Waals surface area contributed by atoms with Crippen LogP contribution in [0.3, 0.4) is 0 Å². The lowest BCUT2D eigenvalue weighted by molar-refractivity contribution is 0.602. The van der Waals surface area contributed by atoms with Crippen molar-refractivity contribution in [1.82, 2.24) is 29.9 Å². The first kappa shape index (κ1) is 19.5. The fourth-order valence-electron chi connectivity index (χ4n) is 3.81. The van der Waals surface area contributed by atoms with Crippen molar-refractivity contribution in [3.63, 3.8) is 0 Å². The number of nitrogens with one attached hydrogen (secondary N) is 1. The molecule has 4 aromatic heterocycles. The van der Waals surface area contributed by atoms with E-state index in [-0.39, 0.29) is 0 Å². The van der Waals surface area contributed by atoms with Gasteiger partial charge in [-0.05, 0) is 43.1 Å². The fraction of sp³-hybridized carbons (Fsp3) is 0.350. The van der Waals surface area contributed by atoms with Crippen LogP contribution in [-0.2, 0) is 6.42 Å². The molecule has 5 rings (SSSR count). The zero-order valence-electron chi connectivity index (χ0n) is 16.5. The predicted molar refractivity (Wildman–Crippen MR) is 119 cm³/mol. The van der Waals surface area contributed by atoms with Crippen LogP contribution in [0.25, 0.3) is 22.2 Å². The van der Waals surface area contributed by atoms with Crippen molar-refractivity contribution in [3.05, 3.63) is 35.4 Å². The molecule has 3 N–H and O–H groups in total. The van der Waals surface area contributed by atoms with Crippen molar-refractivity contribution in [2.45, 2.75) is 29.8 Å². The van der Waals surface area contributed by atoms with E-state index in [1.807, 2.05) is 6.07 Å². The lowest BCUT2D eigenvalue weighted by Crippen LogP contribution is -2.24. The Morgan fingerprint density at radius 1 is 1.27 bits per heavy atom. The Labute approximate surface area is 182 Å². The Morgan fingerprint density at radius 2 is 2.13 bits per heavy atom. The Balaban J connectivity index is 1.57. The van der Waals surface area contributed by atoms with Gasteiger partial charge in [-0.15, -0.1) is 0 Å². The minimum absolute atomic E-state index is 0.470. The Bertz CT molecular complexity index is 1230. The Hall–Kier alpha value is -2.49. The molecular weight excluding hydrogens is 420 g/mol. The second-order valence-electron chi connectivity index (χ2n) is 7.33. The highest BCUT2D eigenvalue weighted by Gasteiger charge is 2.27. The summed E-state index contributed by atoms with van der Waals surface area (Å²) < 4.78 is 0. The van der Waals surface area contributed by atoms with Crippen molar-refractivity contribution in [2.24, 2.45) is 11.7 Å². The third-order valence-electron chi connectivity index (χ3n) is 5.40. The van der Waals surface area contributed by atoms with Gasteiger partial charge in [0.15, 0.2) is 10.8 Å². The zero-order valence-corrected chi connectivity index (χ0v) is 18.0. The van der Waals surface area contributed by atoms with E-state index in [9.17, 15) is 0 Å². The molecule has 30 heavy (non-hydrogen) atoms. The smallest absolute Gasteiger partial charge is 0.196 e. The largest absolute Gasteiger partial charge is 0.356 e. The number of anilines is 1. The van der Waals surface area contributed by atoms with Crippen LogP contribution in [0.15, 0.2) is 34.7 Å². The van der Waals surface area contributed by atoms with Gasteiger partial charge in [0.2, 0.25) is 0 Å². The van der Waals surface area contributed by atoms with Crippen LogP contribution in [0, 0.1) is 5.92 Å². The number of H-pyrrole nitrogens is 1. The Kier molecular flexibility index (Phi) is 5.18. The van der Waals surface area contributed by atoms with E-state index in [1.165, 1.54) is 11.8 Å². The molecule has 154 valence electrons. The Morgan fingerprint density at radius 3 is 2.93 bits per heavy atom. The van der Waals surface area contributed by atoms with Crippen molar-refractivity contribution in [2.75, 3.05) is 24.5 Å². The second-order valence-corrected chi connectivity index (χ2v) is 8.75. The molecule has 1 unspecified atom stereocenters. The number of nitrogens with two attached hydrogens (primary N) is 1. The predicted octanol–water partition coefficient (Wildman–Crippen LogP) is 3.45. The van der Waals surface area contributed by atoms with Crippen LogP contribution in [-0.4, -0.2) is 49.5 Å². The average molecular weight is 441 g/mol. The summed E-state index contributed by atoms with van der Waals surface area (Å²) in [5, 5.41) is 2.23. The molecule has 0 spiro atoms. The number of nitrogens with zero attached hydrogens (tertiary/aromatic N) is 6. The van der Waals surface area contributed by atoms with Crippen molar-refractivity contribution < 1.29 is 0 Å². The van der Waals surface area contributed by atoms with Crippen molar-refractivity contribution in [3.8, 4) is 0 Å². The molecule has 1 fully saturated rings. The van der Waals surface area contributed by atoms with Crippen LogP contribution in [0.4, 0.5) is 5.82 Å². The normalized spacial score (nSPS) is 16.8. The molecule has 0 amide bonds. The van der Waals surface area contributed by atoms with Gasteiger partial charge in [-0.25, -0.2) is 19.9 Å². The minimum atomic E-state index is 0.470.